The average Bonchev–Trinajstić information content (AvgIpc) is 3.58. The molecule has 0 aliphatic heterocycles. The van der Waals surface area contributed by atoms with Gasteiger partial charge in [0, 0.05) is 23.0 Å². The monoisotopic (exact) mass is 510 g/mol. The Kier molecular flexibility index (Phi) is 6.99. The van der Waals surface area contributed by atoms with Gasteiger partial charge >= 0.3 is 0 Å². The van der Waals surface area contributed by atoms with E-state index in [1.165, 1.54) is 0 Å². The van der Waals surface area contributed by atoms with Gasteiger partial charge in [0.15, 0.2) is 5.82 Å². The third kappa shape index (κ3) is 5.04. The standard InChI is InChI=1S/C30H34N6O2/c1-6-30(4,5)36-28(32-33-34-36)27(25-17-24-21(3)15-20(2)16-26(24)31-29(25)37)35(19-23-13-10-14-38-23)18-22-11-8-7-9-12-22/h7-17,27H,6,18-19H2,1-5H3,(H,31,37)/t27-/m0/s1. The molecule has 8 nitrogen and oxygen atoms in total. The molecule has 0 spiro atoms. The van der Waals surface area contributed by atoms with Crippen molar-refractivity contribution >= 4 is 10.9 Å². The second kappa shape index (κ2) is 10.4. The third-order valence-corrected chi connectivity index (χ3v) is 7.35. The summed E-state index contributed by atoms with van der Waals surface area (Å²) in [5, 5.41) is 14.0. The van der Waals surface area contributed by atoms with Gasteiger partial charge < -0.3 is 9.40 Å². The average molecular weight is 511 g/mol. The summed E-state index contributed by atoms with van der Waals surface area (Å²) in [6.45, 7) is 11.5. The molecule has 8 heteroatoms. The molecule has 0 aliphatic rings. The second-order valence-electron chi connectivity index (χ2n) is 10.6. The van der Waals surface area contributed by atoms with Gasteiger partial charge in [0.05, 0.1) is 18.3 Å². The highest BCUT2D eigenvalue weighted by Crippen LogP contribution is 2.33. The number of tetrazole rings is 1. The number of hydrogen-bond donors (Lipinski definition) is 1. The predicted molar refractivity (Wildman–Crippen MR) is 148 cm³/mol. The normalized spacial score (nSPS) is 12.9. The molecule has 0 bridgehead atoms. The van der Waals surface area contributed by atoms with Crippen LogP contribution in [0.5, 0.6) is 0 Å². The van der Waals surface area contributed by atoms with Crippen LogP contribution < -0.4 is 5.56 Å². The number of fused-ring (bicyclic) bond motifs is 1. The number of aromatic amines is 1. The van der Waals surface area contributed by atoms with Crippen LogP contribution in [0.15, 0.2) is 76.1 Å². The molecule has 1 atom stereocenters. The largest absolute Gasteiger partial charge is 0.468 e. The van der Waals surface area contributed by atoms with Gasteiger partial charge in [0.1, 0.15) is 11.8 Å². The van der Waals surface area contributed by atoms with E-state index in [1.54, 1.807) is 6.26 Å². The number of aryl methyl sites for hydroxylation is 2. The summed E-state index contributed by atoms with van der Waals surface area (Å²) in [6, 6.07) is 19.7. The second-order valence-corrected chi connectivity index (χ2v) is 10.6. The molecule has 5 rings (SSSR count). The Hall–Kier alpha value is -4.04. The number of aromatic nitrogens is 5. The fourth-order valence-corrected chi connectivity index (χ4v) is 5.00. The van der Waals surface area contributed by atoms with Crippen LogP contribution in [0.25, 0.3) is 10.9 Å². The first-order valence-corrected chi connectivity index (χ1v) is 13.0. The number of hydrogen-bond acceptors (Lipinski definition) is 6. The van der Waals surface area contributed by atoms with Crippen LogP contribution in [0.4, 0.5) is 0 Å². The molecule has 0 saturated heterocycles. The molecule has 3 heterocycles. The smallest absolute Gasteiger partial charge is 0.253 e. The molecule has 0 amide bonds. The summed E-state index contributed by atoms with van der Waals surface area (Å²) in [6.07, 6.45) is 2.49. The van der Waals surface area contributed by atoms with E-state index in [0.717, 1.165) is 39.8 Å². The topological polar surface area (TPSA) is 92.8 Å². The molecule has 196 valence electrons. The molecule has 3 aromatic heterocycles. The lowest BCUT2D eigenvalue weighted by Gasteiger charge is -2.33. The molecule has 1 N–H and O–H groups in total. The van der Waals surface area contributed by atoms with Crippen molar-refractivity contribution in [3.8, 4) is 0 Å². The van der Waals surface area contributed by atoms with Crippen LogP contribution in [-0.2, 0) is 18.6 Å². The highest BCUT2D eigenvalue weighted by atomic mass is 16.3. The number of rotatable bonds is 9. The van der Waals surface area contributed by atoms with E-state index in [-0.39, 0.29) is 11.1 Å². The lowest BCUT2D eigenvalue weighted by molar-refractivity contribution is 0.168. The van der Waals surface area contributed by atoms with Crippen LogP contribution in [0.3, 0.4) is 0 Å². The van der Waals surface area contributed by atoms with Gasteiger partial charge in [-0.15, -0.1) is 5.10 Å². The lowest BCUT2D eigenvalue weighted by Crippen LogP contribution is -2.38. The summed E-state index contributed by atoms with van der Waals surface area (Å²) < 4.78 is 7.63. The Labute approximate surface area is 222 Å². The molecule has 2 aromatic carbocycles. The van der Waals surface area contributed by atoms with Crippen molar-refractivity contribution in [2.24, 2.45) is 0 Å². The van der Waals surface area contributed by atoms with E-state index in [2.05, 4.69) is 71.3 Å². The SMILES string of the molecule is CCC(C)(C)n1nnnc1[C@H](c1cc2c(C)cc(C)cc2[nH]c1=O)N(Cc1ccccc1)Cc1ccco1. The van der Waals surface area contributed by atoms with Crippen LogP contribution in [-0.4, -0.2) is 30.1 Å². The minimum absolute atomic E-state index is 0.158. The Bertz CT molecular complexity index is 1580. The van der Waals surface area contributed by atoms with Gasteiger partial charge in [0.25, 0.3) is 5.56 Å². The van der Waals surface area contributed by atoms with Gasteiger partial charge in [0.2, 0.25) is 0 Å². The van der Waals surface area contributed by atoms with Crippen LogP contribution in [0.1, 0.15) is 67.1 Å². The van der Waals surface area contributed by atoms with E-state index in [4.69, 9.17) is 4.42 Å². The van der Waals surface area contributed by atoms with E-state index < -0.39 is 6.04 Å². The molecule has 0 aliphatic carbocycles. The van der Waals surface area contributed by atoms with Gasteiger partial charge in [-0.2, -0.15) is 0 Å². The maximum absolute atomic E-state index is 13.8. The molecule has 0 unspecified atom stereocenters. The summed E-state index contributed by atoms with van der Waals surface area (Å²) in [7, 11) is 0. The summed E-state index contributed by atoms with van der Waals surface area (Å²) in [5.74, 6) is 1.41. The quantitative estimate of drug-likeness (QED) is 0.275. The number of furan rings is 1. The van der Waals surface area contributed by atoms with E-state index in [9.17, 15) is 4.79 Å². The summed E-state index contributed by atoms with van der Waals surface area (Å²) >= 11 is 0. The third-order valence-electron chi connectivity index (χ3n) is 7.35. The molecular formula is C30H34N6O2. The Morgan fingerprint density at radius 1 is 1.05 bits per heavy atom. The maximum Gasteiger partial charge on any atom is 0.253 e. The van der Waals surface area contributed by atoms with E-state index in [0.29, 0.717) is 24.5 Å². The zero-order valence-corrected chi connectivity index (χ0v) is 22.6. The van der Waals surface area contributed by atoms with Crippen molar-refractivity contribution in [1.29, 1.82) is 0 Å². The first-order valence-electron chi connectivity index (χ1n) is 13.0. The minimum atomic E-state index is -0.532. The van der Waals surface area contributed by atoms with Crippen LogP contribution in [0.2, 0.25) is 0 Å². The number of H-pyrrole nitrogens is 1. The molecule has 0 radical (unpaired) electrons. The molecule has 0 fully saturated rings. The maximum atomic E-state index is 13.8. The van der Waals surface area contributed by atoms with Crippen molar-refractivity contribution in [1.82, 2.24) is 30.1 Å². The van der Waals surface area contributed by atoms with Crippen molar-refractivity contribution < 1.29 is 4.42 Å². The number of nitrogens with zero attached hydrogens (tertiary/aromatic N) is 5. The van der Waals surface area contributed by atoms with Gasteiger partial charge in [-0.3, -0.25) is 9.69 Å². The van der Waals surface area contributed by atoms with Crippen molar-refractivity contribution in [3.05, 3.63) is 111 Å². The van der Waals surface area contributed by atoms with Gasteiger partial charge in [-0.05, 0) is 85.5 Å². The Morgan fingerprint density at radius 3 is 2.55 bits per heavy atom. The fraction of sp³-hybridized carbons (Fsp3) is 0.333. The number of nitrogens with one attached hydrogen (secondary N) is 1. The van der Waals surface area contributed by atoms with Crippen molar-refractivity contribution in [2.75, 3.05) is 0 Å². The molecule has 5 aromatic rings. The highest BCUT2D eigenvalue weighted by molar-refractivity contribution is 5.83. The zero-order valence-electron chi connectivity index (χ0n) is 22.6. The minimum Gasteiger partial charge on any atom is -0.468 e. The van der Waals surface area contributed by atoms with Gasteiger partial charge in [-0.25, -0.2) is 4.68 Å². The Balaban J connectivity index is 1.75. The molecule has 38 heavy (non-hydrogen) atoms. The Morgan fingerprint density at radius 2 is 1.84 bits per heavy atom. The van der Waals surface area contributed by atoms with Crippen molar-refractivity contribution in [2.45, 2.75) is 65.7 Å². The van der Waals surface area contributed by atoms with E-state index in [1.807, 2.05) is 54.1 Å². The fourth-order valence-electron chi connectivity index (χ4n) is 5.00. The number of pyridine rings is 1. The predicted octanol–water partition coefficient (Wildman–Crippen LogP) is 5.66. The zero-order chi connectivity index (χ0) is 26.9. The van der Waals surface area contributed by atoms with Gasteiger partial charge in [-0.1, -0.05) is 43.3 Å². The number of benzene rings is 2. The first kappa shape index (κ1) is 25.6. The molecular weight excluding hydrogens is 476 g/mol. The first-order chi connectivity index (χ1) is 18.3. The van der Waals surface area contributed by atoms with Crippen LogP contribution in [0, 0.1) is 13.8 Å². The van der Waals surface area contributed by atoms with Crippen LogP contribution >= 0.6 is 0 Å². The summed E-state index contributed by atoms with van der Waals surface area (Å²) in [5.41, 5.74) is 4.23. The van der Waals surface area contributed by atoms with Crippen molar-refractivity contribution in [3.63, 3.8) is 0 Å². The summed E-state index contributed by atoms with van der Waals surface area (Å²) in [4.78, 5) is 19.2. The molecule has 0 saturated carbocycles. The van der Waals surface area contributed by atoms with E-state index >= 15 is 0 Å². The lowest BCUT2D eigenvalue weighted by atomic mass is 9.97. The highest BCUT2D eigenvalue weighted by Gasteiger charge is 2.35.